The normalized spacial score (nSPS) is 10.7. The molecule has 4 aromatic rings. The fraction of sp³-hybridized carbons (Fsp3) is 0.0870. The Morgan fingerprint density at radius 3 is 2.43 bits per heavy atom. The Hall–Kier alpha value is -3.16. The van der Waals surface area contributed by atoms with Gasteiger partial charge >= 0.3 is 0 Å². The highest BCUT2D eigenvalue weighted by atomic mass is 32.2. The van der Waals surface area contributed by atoms with E-state index >= 15 is 0 Å². The quantitative estimate of drug-likeness (QED) is 0.419. The van der Waals surface area contributed by atoms with E-state index in [9.17, 15) is 9.59 Å². The molecule has 4 rings (SSSR count). The number of aromatic nitrogens is 1. The van der Waals surface area contributed by atoms with Crippen molar-refractivity contribution in [3.05, 3.63) is 84.4 Å². The summed E-state index contributed by atoms with van der Waals surface area (Å²) in [6.45, 7) is 0. The Bertz CT molecular complexity index is 1180. The van der Waals surface area contributed by atoms with Gasteiger partial charge in [0.1, 0.15) is 0 Å². The molecule has 0 fully saturated rings. The van der Waals surface area contributed by atoms with Crippen LogP contribution >= 0.6 is 23.1 Å². The number of hydrogen-bond acceptors (Lipinski definition) is 5. The van der Waals surface area contributed by atoms with Gasteiger partial charge in [-0.1, -0.05) is 48.2 Å². The van der Waals surface area contributed by atoms with Gasteiger partial charge < -0.3 is 10.2 Å². The van der Waals surface area contributed by atoms with Gasteiger partial charge in [0.25, 0.3) is 5.91 Å². The molecule has 0 bridgehead atoms. The topological polar surface area (TPSA) is 62.3 Å². The van der Waals surface area contributed by atoms with Crippen LogP contribution in [0.25, 0.3) is 10.2 Å². The van der Waals surface area contributed by atoms with Gasteiger partial charge in [0.2, 0.25) is 5.91 Å². The molecule has 0 saturated carbocycles. The smallest absolute Gasteiger partial charge is 0.255 e. The van der Waals surface area contributed by atoms with Gasteiger partial charge in [0, 0.05) is 24.0 Å². The Balaban J connectivity index is 1.41. The SMILES string of the molecule is CN(C(=O)CSc1nc2ccc(NC(=O)c3ccccc3)cc2s1)c1ccccc1. The van der Waals surface area contributed by atoms with Gasteiger partial charge in [0.05, 0.1) is 16.0 Å². The number of rotatable bonds is 6. The van der Waals surface area contributed by atoms with Crippen LogP contribution in [0.4, 0.5) is 11.4 Å². The Kier molecular flexibility index (Phi) is 6.11. The Labute approximate surface area is 182 Å². The third-order valence-electron chi connectivity index (χ3n) is 4.50. The van der Waals surface area contributed by atoms with E-state index in [1.54, 1.807) is 24.1 Å². The summed E-state index contributed by atoms with van der Waals surface area (Å²) < 4.78 is 1.79. The second-order valence-electron chi connectivity index (χ2n) is 6.56. The van der Waals surface area contributed by atoms with E-state index in [4.69, 9.17) is 0 Å². The number of thioether (sulfide) groups is 1. The maximum atomic E-state index is 12.5. The van der Waals surface area contributed by atoms with Crippen molar-refractivity contribution >= 4 is 56.5 Å². The van der Waals surface area contributed by atoms with Gasteiger partial charge in [0.15, 0.2) is 4.34 Å². The molecule has 0 aliphatic carbocycles. The van der Waals surface area contributed by atoms with E-state index in [2.05, 4.69) is 10.3 Å². The number of para-hydroxylation sites is 1. The lowest BCUT2D eigenvalue weighted by Gasteiger charge is -2.16. The number of carbonyl (C=O) groups excluding carboxylic acids is 2. The first-order valence-corrected chi connectivity index (χ1v) is 11.1. The zero-order valence-corrected chi connectivity index (χ0v) is 17.9. The molecule has 0 spiro atoms. The second-order valence-corrected chi connectivity index (χ2v) is 8.81. The van der Waals surface area contributed by atoms with Crippen molar-refractivity contribution in [2.45, 2.75) is 4.34 Å². The highest BCUT2D eigenvalue weighted by Crippen LogP contribution is 2.31. The summed E-state index contributed by atoms with van der Waals surface area (Å²) in [6, 6.07) is 24.3. The third-order valence-corrected chi connectivity index (χ3v) is 6.65. The highest BCUT2D eigenvalue weighted by molar-refractivity contribution is 8.01. The molecule has 3 aromatic carbocycles. The molecule has 30 heavy (non-hydrogen) atoms. The molecular weight excluding hydrogens is 414 g/mol. The van der Waals surface area contributed by atoms with E-state index in [1.807, 2.05) is 66.7 Å². The van der Waals surface area contributed by atoms with E-state index in [-0.39, 0.29) is 11.8 Å². The maximum absolute atomic E-state index is 12.5. The van der Waals surface area contributed by atoms with E-state index in [1.165, 1.54) is 23.1 Å². The molecule has 0 saturated heterocycles. The first kappa shape index (κ1) is 20.1. The van der Waals surface area contributed by atoms with Gasteiger partial charge in [-0.25, -0.2) is 4.98 Å². The zero-order chi connectivity index (χ0) is 20.9. The lowest BCUT2D eigenvalue weighted by atomic mass is 10.2. The molecule has 1 heterocycles. The number of thiazole rings is 1. The van der Waals surface area contributed by atoms with Crippen LogP contribution in [0.15, 0.2) is 83.2 Å². The van der Waals surface area contributed by atoms with Crippen LogP contribution in [0.3, 0.4) is 0 Å². The van der Waals surface area contributed by atoms with E-state index < -0.39 is 0 Å². The van der Waals surface area contributed by atoms with Gasteiger partial charge in [-0.05, 0) is 42.5 Å². The summed E-state index contributed by atoms with van der Waals surface area (Å²) in [4.78, 5) is 31.1. The largest absolute Gasteiger partial charge is 0.322 e. The highest BCUT2D eigenvalue weighted by Gasteiger charge is 2.13. The summed E-state index contributed by atoms with van der Waals surface area (Å²) in [5, 5.41) is 2.92. The summed E-state index contributed by atoms with van der Waals surface area (Å²) in [6.07, 6.45) is 0. The van der Waals surface area contributed by atoms with Crippen molar-refractivity contribution < 1.29 is 9.59 Å². The predicted molar refractivity (Wildman–Crippen MR) is 125 cm³/mol. The molecule has 1 aromatic heterocycles. The number of nitrogens with one attached hydrogen (secondary N) is 1. The molecule has 0 unspecified atom stereocenters. The van der Waals surface area contributed by atoms with Crippen molar-refractivity contribution in [3.8, 4) is 0 Å². The second kappa shape index (κ2) is 9.11. The third kappa shape index (κ3) is 4.69. The molecule has 0 radical (unpaired) electrons. The summed E-state index contributed by atoms with van der Waals surface area (Å²) in [5.41, 5.74) is 3.05. The van der Waals surface area contributed by atoms with Crippen LogP contribution in [0, 0.1) is 0 Å². The van der Waals surface area contributed by atoms with Crippen molar-refractivity contribution in [1.82, 2.24) is 4.98 Å². The number of nitrogens with zero attached hydrogens (tertiary/aromatic N) is 2. The van der Waals surface area contributed by atoms with Crippen molar-refractivity contribution in [3.63, 3.8) is 0 Å². The number of anilines is 2. The lowest BCUT2D eigenvalue weighted by Crippen LogP contribution is -2.27. The molecule has 5 nitrogen and oxygen atoms in total. The standard InChI is InChI=1S/C23H19N3O2S2/c1-26(18-10-6-3-7-11-18)21(27)15-29-23-25-19-13-12-17(14-20(19)30-23)24-22(28)16-8-4-2-5-9-16/h2-14H,15H2,1H3,(H,24,28). The molecular formula is C23H19N3O2S2. The summed E-state index contributed by atoms with van der Waals surface area (Å²) in [5.74, 6) is 0.174. The fourth-order valence-corrected chi connectivity index (χ4v) is 4.87. The monoisotopic (exact) mass is 433 g/mol. The average molecular weight is 434 g/mol. The Morgan fingerprint density at radius 1 is 1.00 bits per heavy atom. The first-order valence-electron chi connectivity index (χ1n) is 9.31. The predicted octanol–water partition coefficient (Wildman–Crippen LogP) is 5.30. The minimum atomic E-state index is -0.149. The van der Waals surface area contributed by atoms with Gasteiger partial charge in [-0.15, -0.1) is 11.3 Å². The minimum Gasteiger partial charge on any atom is -0.322 e. The lowest BCUT2D eigenvalue weighted by molar-refractivity contribution is -0.115. The fourth-order valence-electron chi connectivity index (χ4n) is 2.85. The van der Waals surface area contributed by atoms with Crippen LogP contribution in [-0.4, -0.2) is 29.6 Å². The Morgan fingerprint density at radius 2 is 1.70 bits per heavy atom. The number of fused-ring (bicyclic) bond motifs is 1. The molecule has 1 N–H and O–H groups in total. The minimum absolute atomic E-state index is 0.0151. The van der Waals surface area contributed by atoms with Crippen LogP contribution in [0.2, 0.25) is 0 Å². The molecule has 7 heteroatoms. The molecule has 0 atom stereocenters. The van der Waals surface area contributed by atoms with Crippen LogP contribution in [0.1, 0.15) is 10.4 Å². The molecule has 0 aliphatic rings. The number of benzene rings is 3. The number of hydrogen-bond donors (Lipinski definition) is 1. The molecule has 150 valence electrons. The first-order chi connectivity index (χ1) is 14.6. The maximum Gasteiger partial charge on any atom is 0.255 e. The van der Waals surface area contributed by atoms with E-state index in [0.717, 1.165) is 25.9 Å². The van der Waals surface area contributed by atoms with Crippen LogP contribution in [0.5, 0.6) is 0 Å². The summed E-state index contributed by atoms with van der Waals surface area (Å²) in [7, 11) is 1.78. The van der Waals surface area contributed by atoms with Crippen LogP contribution < -0.4 is 10.2 Å². The van der Waals surface area contributed by atoms with Crippen molar-refractivity contribution in [1.29, 1.82) is 0 Å². The van der Waals surface area contributed by atoms with Crippen molar-refractivity contribution in [2.24, 2.45) is 0 Å². The van der Waals surface area contributed by atoms with Gasteiger partial charge in [-0.3, -0.25) is 9.59 Å². The van der Waals surface area contributed by atoms with Crippen LogP contribution in [-0.2, 0) is 4.79 Å². The number of carbonyl (C=O) groups is 2. The average Bonchev–Trinajstić information content (AvgIpc) is 3.20. The molecule has 0 aliphatic heterocycles. The van der Waals surface area contributed by atoms with Gasteiger partial charge in [-0.2, -0.15) is 0 Å². The summed E-state index contributed by atoms with van der Waals surface area (Å²) >= 11 is 2.94. The number of amides is 2. The van der Waals surface area contributed by atoms with E-state index in [0.29, 0.717) is 11.3 Å². The van der Waals surface area contributed by atoms with Crippen molar-refractivity contribution in [2.75, 3.05) is 23.0 Å². The zero-order valence-electron chi connectivity index (χ0n) is 16.2. The molecule has 2 amide bonds.